The van der Waals surface area contributed by atoms with Crippen molar-refractivity contribution in [1.29, 1.82) is 0 Å². The van der Waals surface area contributed by atoms with Crippen molar-refractivity contribution in [2.75, 3.05) is 19.0 Å². The van der Waals surface area contributed by atoms with Gasteiger partial charge >= 0.3 is 5.97 Å². The summed E-state index contributed by atoms with van der Waals surface area (Å²) in [5.74, 6) is -0.384. The molecule has 1 amide bonds. The fourth-order valence-corrected chi connectivity index (χ4v) is 2.46. The first-order chi connectivity index (χ1) is 10.1. The number of amides is 1. The van der Waals surface area contributed by atoms with E-state index in [1.165, 1.54) is 7.11 Å². The van der Waals surface area contributed by atoms with Crippen LogP contribution in [0, 0.1) is 0 Å². The van der Waals surface area contributed by atoms with Gasteiger partial charge in [-0.25, -0.2) is 4.79 Å². The van der Waals surface area contributed by atoms with Crippen LogP contribution >= 0.6 is 22.9 Å². The quantitative estimate of drug-likeness (QED) is 0.857. The molecule has 7 heteroatoms. The lowest BCUT2D eigenvalue weighted by molar-refractivity contribution is -0.119. The van der Waals surface area contributed by atoms with Crippen LogP contribution in [0.3, 0.4) is 0 Å². The molecule has 0 spiro atoms. The number of hydrogen-bond donors (Lipinski definition) is 1. The first-order valence-corrected chi connectivity index (χ1v) is 7.14. The number of nitrogens with one attached hydrogen (secondary N) is 1. The molecule has 0 bridgehead atoms. The summed E-state index contributed by atoms with van der Waals surface area (Å²) >= 11 is 6.82. The Labute approximate surface area is 130 Å². The second-order valence-electron chi connectivity index (χ2n) is 3.96. The lowest BCUT2D eigenvalue weighted by Gasteiger charge is -2.07. The monoisotopic (exact) mass is 325 g/mol. The van der Waals surface area contributed by atoms with Crippen LogP contribution in [0.25, 0.3) is 0 Å². The van der Waals surface area contributed by atoms with Gasteiger partial charge in [0.05, 0.1) is 11.4 Å². The molecule has 1 N–H and O–H groups in total. The number of carbonyl (C=O) groups excluding carboxylic acids is 2. The highest BCUT2D eigenvalue weighted by atomic mass is 35.5. The standard InChI is InChI=1S/C14H12ClNO4S/c1-19-10-4-2-3-9(7-10)16-13(17)8-20-14(18)11-5-6-12(15)21-11/h2-7H,8H2,1H3,(H,16,17). The van der Waals surface area contributed by atoms with Crippen molar-refractivity contribution in [1.82, 2.24) is 0 Å². The van der Waals surface area contributed by atoms with Gasteiger partial charge in [-0.05, 0) is 24.3 Å². The Morgan fingerprint density at radius 2 is 2.10 bits per heavy atom. The molecule has 0 unspecified atom stereocenters. The molecule has 2 aromatic rings. The Balaban J connectivity index is 1.85. The second kappa shape index (κ2) is 7.10. The van der Waals surface area contributed by atoms with Gasteiger partial charge in [0.25, 0.3) is 5.91 Å². The van der Waals surface area contributed by atoms with Crippen molar-refractivity contribution in [2.45, 2.75) is 0 Å². The number of esters is 1. The molecule has 0 saturated carbocycles. The minimum Gasteiger partial charge on any atom is -0.497 e. The summed E-state index contributed by atoms with van der Waals surface area (Å²) < 4.78 is 10.4. The van der Waals surface area contributed by atoms with E-state index in [4.69, 9.17) is 21.1 Å². The molecule has 2 rings (SSSR count). The van der Waals surface area contributed by atoms with Gasteiger partial charge in [-0.3, -0.25) is 4.79 Å². The number of methoxy groups -OCH3 is 1. The van der Waals surface area contributed by atoms with E-state index < -0.39 is 11.9 Å². The van der Waals surface area contributed by atoms with E-state index in [0.29, 0.717) is 20.7 Å². The average Bonchev–Trinajstić information content (AvgIpc) is 2.91. The van der Waals surface area contributed by atoms with Gasteiger partial charge in [0.1, 0.15) is 10.6 Å². The fraction of sp³-hybridized carbons (Fsp3) is 0.143. The first-order valence-electron chi connectivity index (χ1n) is 5.95. The molecule has 0 fully saturated rings. The van der Waals surface area contributed by atoms with Crippen molar-refractivity contribution in [2.24, 2.45) is 0 Å². The largest absolute Gasteiger partial charge is 0.497 e. The molecule has 1 aromatic heterocycles. The Morgan fingerprint density at radius 1 is 1.29 bits per heavy atom. The van der Waals surface area contributed by atoms with Crippen molar-refractivity contribution in [3.05, 3.63) is 45.6 Å². The van der Waals surface area contributed by atoms with Crippen LogP contribution in [0.1, 0.15) is 9.67 Å². The van der Waals surface area contributed by atoms with Crippen LogP contribution in [-0.2, 0) is 9.53 Å². The number of ether oxygens (including phenoxy) is 2. The van der Waals surface area contributed by atoms with E-state index >= 15 is 0 Å². The van der Waals surface area contributed by atoms with Gasteiger partial charge in [0.2, 0.25) is 0 Å². The van der Waals surface area contributed by atoms with E-state index in [1.807, 2.05) is 0 Å². The maximum absolute atomic E-state index is 11.7. The van der Waals surface area contributed by atoms with Crippen molar-refractivity contribution in [3.8, 4) is 5.75 Å². The van der Waals surface area contributed by atoms with E-state index in [0.717, 1.165) is 11.3 Å². The normalized spacial score (nSPS) is 10.0. The summed E-state index contributed by atoms with van der Waals surface area (Å²) in [5.41, 5.74) is 0.564. The third kappa shape index (κ3) is 4.47. The number of benzene rings is 1. The van der Waals surface area contributed by atoms with Crippen LogP contribution in [0.15, 0.2) is 36.4 Å². The summed E-state index contributed by atoms with van der Waals surface area (Å²) in [6, 6.07) is 10.0. The topological polar surface area (TPSA) is 64.6 Å². The summed E-state index contributed by atoms with van der Waals surface area (Å²) in [6.07, 6.45) is 0. The maximum Gasteiger partial charge on any atom is 0.348 e. The predicted octanol–water partition coefficient (Wildman–Crippen LogP) is 3.21. The van der Waals surface area contributed by atoms with Crippen LogP contribution in [0.5, 0.6) is 5.75 Å². The SMILES string of the molecule is COc1cccc(NC(=O)COC(=O)c2ccc(Cl)s2)c1. The molecule has 21 heavy (non-hydrogen) atoms. The smallest absolute Gasteiger partial charge is 0.348 e. The lowest BCUT2D eigenvalue weighted by atomic mass is 10.3. The zero-order chi connectivity index (χ0) is 15.2. The third-order valence-electron chi connectivity index (χ3n) is 2.46. The highest BCUT2D eigenvalue weighted by Crippen LogP contribution is 2.22. The Morgan fingerprint density at radius 3 is 2.76 bits per heavy atom. The fourth-order valence-electron chi connectivity index (χ4n) is 1.52. The summed E-state index contributed by atoms with van der Waals surface area (Å²) in [4.78, 5) is 23.7. The number of carbonyl (C=O) groups is 2. The van der Waals surface area contributed by atoms with Crippen LogP contribution < -0.4 is 10.1 Å². The predicted molar refractivity (Wildman–Crippen MR) is 81.2 cm³/mol. The van der Waals surface area contributed by atoms with E-state index in [-0.39, 0.29) is 6.61 Å². The van der Waals surface area contributed by atoms with E-state index in [1.54, 1.807) is 36.4 Å². The van der Waals surface area contributed by atoms with Crippen molar-refractivity contribution < 1.29 is 19.1 Å². The van der Waals surface area contributed by atoms with Crippen LogP contribution in [0.2, 0.25) is 4.34 Å². The molecular formula is C14H12ClNO4S. The maximum atomic E-state index is 11.7. The third-order valence-corrected chi connectivity index (χ3v) is 3.67. The minimum atomic E-state index is -0.576. The number of hydrogen-bond acceptors (Lipinski definition) is 5. The number of rotatable bonds is 5. The molecule has 1 aromatic carbocycles. The summed E-state index contributed by atoms with van der Waals surface area (Å²) in [5, 5.41) is 2.61. The minimum absolute atomic E-state index is 0.356. The van der Waals surface area contributed by atoms with Crippen molar-refractivity contribution >= 4 is 40.5 Å². The molecule has 0 aliphatic heterocycles. The Bertz CT molecular complexity index is 656. The van der Waals surface area contributed by atoms with E-state index in [9.17, 15) is 9.59 Å². The van der Waals surface area contributed by atoms with Gasteiger partial charge in [0.15, 0.2) is 6.61 Å². The average molecular weight is 326 g/mol. The first kappa shape index (κ1) is 15.3. The van der Waals surface area contributed by atoms with Gasteiger partial charge in [-0.1, -0.05) is 17.7 Å². The number of anilines is 1. The lowest BCUT2D eigenvalue weighted by Crippen LogP contribution is -2.20. The van der Waals surface area contributed by atoms with Gasteiger partial charge in [-0.2, -0.15) is 0 Å². The molecule has 0 atom stereocenters. The van der Waals surface area contributed by atoms with Gasteiger partial charge in [0, 0.05) is 11.8 Å². The molecule has 110 valence electrons. The number of halogens is 1. The van der Waals surface area contributed by atoms with Crippen molar-refractivity contribution in [3.63, 3.8) is 0 Å². The molecule has 1 heterocycles. The Kier molecular flexibility index (Phi) is 5.19. The van der Waals surface area contributed by atoms with Gasteiger partial charge in [-0.15, -0.1) is 11.3 Å². The molecule has 5 nitrogen and oxygen atoms in total. The van der Waals surface area contributed by atoms with E-state index in [2.05, 4.69) is 5.32 Å². The Hall–Kier alpha value is -2.05. The zero-order valence-electron chi connectivity index (χ0n) is 11.1. The highest BCUT2D eigenvalue weighted by molar-refractivity contribution is 7.17. The highest BCUT2D eigenvalue weighted by Gasteiger charge is 2.12. The molecule has 0 radical (unpaired) electrons. The molecular weight excluding hydrogens is 314 g/mol. The molecule has 0 aliphatic rings. The summed E-state index contributed by atoms with van der Waals surface area (Å²) in [6.45, 7) is -0.369. The molecule has 0 aliphatic carbocycles. The van der Waals surface area contributed by atoms with Crippen LogP contribution in [-0.4, -0.2) is 25.6 Å². The number of thiophene rings is 1. The molecule has 0 saturated heterocycles. The van der Waals surface area contributed by atoms with Gasteiger partial charge < -0.3 is 14.8 Å². The van der Waals surface area contributed by atoms with Crippen LogP contribution in [0.4, 0.5) is 5.69 Å². The summed E-state index contributed by atoms with van der Waals surface area (Å²) in [7, 11) is 1.54. The zero-order valence-corrected chi connectivity index (χ0v) is 12.7. The second-order valence-corrected chi connectivity index (χ2v) is 5.68.